The van der Waals surface area contributed by atoms with Crippen molar-refractivity contribution in [2.24, 2.45) is 0 Å². The van der Waals surface area contributed by atoms with E-state index in [0.717, 1.165) is 90.5 Å². The summed E-state index contributed by atoms with van der Waals surface area (Å²) in [6.07, 6.45) is 6.73. The van der Waals surface area contributed by atoms with Crippen molar-refractivity contribution in [2.75, 3.05) is 4.90 Å². The summed E-state index contributed by atoms with van der Waals surface area (Å²) < 4.78 is 16.5. The van der Waals surface area contributed by atoms with E-state index in [1.807, 2.05) is 12.1 Å². The van der Waals surface area contributed by atoms with Crippen molar-refractivity contribution in [1.29, 1.82) is 0 Å². The smallest absolute Gasteiger partial charge is 0.159 e. The Morgan fingerprint density at radius 1 is 0.438 bits per heavy atom. The van der Waals surface area contributed by atoms with E-state index < -0.39 is 0 Å². The zero-order valence-corrected chi connectivity index (χ0v) is 34.8. The largest absolute Gasteiger partial charge is 0.455 e. The van der Waals surface area contributed by atoms with Crippen LogP contribution in [-0.2, 0) is 6.42 Å². The van der Waals surface area contributed by atoms with Gasteiger partial charge in [-0.2, -0.15) is 0 Å². The Morgan fingerprint density at radius 2 is 1.12 bits per heavy atom. The van der Waals surface area contributed by atoms with Crippen LogP contribution in [0, 0.1) is 0 Å². The van der Waals surface area contributed by atoms with Crippen LogP contribution in [0.25, 0.3) is 111 Å². The van der Waals surface area contributed by atoms with Gasteiger partial charge in [0.1, 0.15) is 16.7 Å². The fraction of sp³-hybridized carbons (Fsp3) is 0.0333. The van der Waals surface area contributed by atoms with Crippen LogP contribution in [0.1, 0.15) is 17.7 Å². The Bertz CT molecular complexity index is 3900. The van der Waals surface area contributed by atoms with Gasteiger partial charge in [-0.3, -0.25) is 0 Å². The second-order valence-electron chi connectivity index (χ2n) is 17.1. The first-order chi connectivity index (χ1) is 31.8. The lowest BCUT2D eigenvalue weighted by Gasteiger charge is -2.26. The summed E-state index contributed by atoms with van der Waals surface area (Å²) in [5, 5.41) is 5.73. The number of hydrogen-bond acceptors (Lipinski definition) is 3. The lowest BCUT2D eigenvalue weighted by atomic mass is 9.91. The molecule has 0 saturated heterocycles. The van der Waals surface area contributed by atoms with Crippen LogP contribution in [0.15, 0.2) is 209 Å². The molecule has 0 spiro atoms. The summed E-state index contributed by atoms with van der Waals surface area (Å²) >= 11 is 0. The lowest BCUT2D eigenvalue weighted by molar-refractivity contribution is 0.669. The molecule has 0 radical (unpaired) electrons. The van der Waals surface area contributed by atoms with E-state index in [4.69, 9.17) is 8.83 Å². The van der Waals surface area contributed by atoms with Crippen LogP contribution in [0.2, 0.25) is 0 Å². The van der Waals surface area contributed by atoms with Crippen LogP contribution in [0.4, 0.5) is 17.1 Å². The first kappa shape index (κ1) is 35.3. The van der Waals surface area contributed by atoms with Crippen LogP contribution >= 0.6 is 0 Å². The molecule has 4 heterocycles. The Morgan fingerprint density at radius 3 is 2.03 bits per heavy atom. The molecule has 0 unspecified atom stereocenters. The highest BCUT2D eigenvalue weighted by Crippen LogP contribution is 2.52. The molecule has 14 rings (SSSR count). The first-order valence-electron chi connectivity index (χ1n) is 22.1. The molecule has 0 amide bonds. The van der Waals surface area contributed by atoms with Crippen LogP contribution in [-0.4, -0.2) is 4.57 Å². The maximum absolute atomic E-state index is 7.32. The van der Waals surface area contributed by atoms with Gasteiger partial charge in [-0.1, -0.05) is 152 Å². The molecule has 1 aliphatic carbocycles. The number of hydrogen-bond donors (Lipinski definition) is 0. The number of furan rings is 2. The summed E-state index contributed by atoms with van der Waals surface area (Å²) in [7, 11) is 0. The minimum Gasteiger partial charge on any atom is -0.455 e. The maximum atomic E-state index is 7.32. The molecule has 9 aromatic carbocycles. The number of allylic oxidation sites excluding steroid dienone is 1. The third kappa shape index (κ3) is 5.05. The zero-order chi connectivity index (χ0) is 41.9. The molecule has 12 aromatic rings. The third-order valence-corrected chi connectivity index (χ3v) is 13.6. The monoisotopic (exact) mass is 818 g/mol. The van der Waals surface area contributed by atoms with Gasteiger partial charge in [0.2, 0.25) is 0 Å². The lowest BCUT2D eigenvalue weighted by Crippen LogP contribution is -2.10. The van der Waals surface area contributed by atoms with Gasteiger partial charge in [0.05, 0.1) is 16.9 Å². The predicted molar refractivity (Wildman–Crippen MR) is 265 cm³/mol. The summed E-state index contributed by atoms with van der Waals surface area (Å²) in [5.41, 5.74) is 20.9. The molecule has 0 atom stereocenters. The standard InChI is InChI=1S/C60H38N2O2/c1-2-14-37(15-3-1)38-30-32-40(33-31-38)61(54-28-13-24-48-45-20-6-9-29-55(45)63-59(48)54)41-17-10-16-39(36-41)42-21-11-23-49-50-35-34-46-43-18-4-7-26-52(43)62-53-27-8-5-19-44(53)47-22-12-25-51(57(47)62)56(46)60(50)64-58(42)49/h1-4,6-18,20-36H,5,19H2. The average Bonchev–Trinajstić information content (AvgIpc) is 4.02. The van der Waals surface area contributed by atoms with E-state index in [2.05, 4.69) is 204 Å². The molecule has 64 heavy (non-hydrogen) atoms. The van der Waals surface area contributed by atoms with E-state index in [-0.39, 0.29) is 0 Å². The number of nitrogens with zero attached hydrogens (tertiary/aromatic N) is 2. The van der Waals surface area contributed by atoms with Crippen molar-refractivity contribution in [3.05, 3.63) is 211 Å². The van der Waals surface area contributed by atoms with Crippen molar-refractivity contribution in [3.8, 4) is 50.2 Å². The van der Waals surface area contributed by atoms with E-state index in [1.165, 1.54) is 55.7 Å². The topological polar surface area (TPSA) is 34.5 Å². The molecule has 1 aliphatic heterocycles. The molecule has 0 saturated carbocycles. The highest BCUT2D eigenvalue weighted by molar-refractivity contribution is 6.19. The summed E-state index contributed by atoms with van der Waals surface area (Å²) in [6, 6.07) is 69.8. The number of aryl methyl sites for hydroxylation is 1. The van der Waals surface area contributed by atoms with Gasteiger partial charge in [0, 0.05) is 66.3 Å². The van der Waals surface area contributed by atoms with Crippen molar-refractivity contribution in [1.82, 2.24) is 4.57 Å². The van der Waals surface area contributed by atoms with Gasteiger partial charge in [0.25, 0.3) is 0 Å². The number of para-hydroxylation sites is 5. The minimum atomic E-state index is 0.848. The van der Waals surface area contributed by atoms with Gasteiger partial charge in [-0.15, -0.1) is 0 Å². The minimum absolute atomic E-state index is 0.848. The quantitative estimate of drug-likeness (QED) is 0.173. The normalized spacial score (nSPS) is 12.8. The molecular weight excluding hydrogens is 781 g/mol. The third-order valence-electron chi connectivity index (χ3n) is 13.6. The number of anilines is 3. The molecule has 0 bridgehead atoms. The van der Waals surface area contributed by atoms with Gasteiger partial charge in [-0.05, 0) is 95.3 Å². The van der Waals surface area contributed by atoms with Crippen molar-refractivity contribution in [2.45, 2.75) is 12.8 Å². The predicted octanol–water partition coefficient (Wildman–Crippen LogP) is 16.8. The molecule has 4 heteroatoms. The number of rotatable bonds is 5. The Kier molecular flexibility index (Phi) is 7.48. The van der Waals surface area contributed by atoms with Crippen LogP contribution < -0.4 is 4.90 Å². The Balaban J connectivity index is 0.975. The fourth-order valence-electron chi connectivity index (χ4n) is 10.8. The molecule has 0 N–H and O–H groups in total. The average molecular weight is 819 g/mol. The van der Waals surface area contributed by atoms with Gasteiger partial charge in [0.15, 0.2) is 5.58 Å². The summed E-state index contributed by atoms with van der Waals surface area (Å²) in [6.45, 7) is 0. The van der Waals surface area contributed by atoms with Crippen molar-refractivity contribution < 1.29 is 8.83 Å². The second-order valence-corrected chi connectivity index (χ2v) is 17.1. The Labute approximate surface area is 369 Å². The van der Waals surface area contributed by atoms with E-state index in [1.54, 1.807) is 0 Å². The highest BCUT2D eigenvalue weighted by Gasteiger charge is 2.30. The van der Waals surface area contributed by atoms with Crippen LogP contribution in [0.5, 0.6) is 0 Å². The van der Waals surface area contributed by atoms with Crippen molar-refractivity contribution in [3.63, 3.8) is 0 Å². The molecule has 0 fully saturated rings. The van der Waals surface area contributed by atoms with E-state index in [9.17, 15) is 0 Å². The molecular formula is C60H38N2O2. The molecule has 300 valence electrons. The number of fused-ring (bicyclic) bond motifs is 15. The van der Waals surface area contributed by atoms with Crippen LogP contribution in [0.3, 0.4) is 0 Å². The van der Waals surface area contributed by atoms with E-state index in [0.29, 0.717) is 0 Å². The van der Waals surface area contributed by atoms with E-state index >= 15 is 0 Å². The summed E-state index contributed by atoms with van der Waals surface area (Å²) in [4.78, 5) is 2.32. The molecule has 2 aliphatic rings. The molecule has 4 nitrogen and oxygen atoms in total. The van der Waals surface area contributed by atoms with Gasteiger partial charge < -0.3 is 18.3 Å². The SMILES string of the molecule is C1=Cc2c(c3cccc4c3n2-c2ccccc2-c2ccc3c(oc5c(-c6cccc(N(c7ccc(-c8ccccc8)cc7)c7cccc8c7oc7ccccc78)c6)cccc53)c2-4)CC1. The van der Waals surface area contributed by atoms with Gasteiger partial charge in [-0.25, -0.2) is 0 Å². The maximum Gasteiger partial charge on any atom is 0.159 e. The Hall–Kier alpha value is -8.34. The molecule has 3 aromatic heterocycles. The van der Waals surface area contributed by atoms with Crippen molar-refractivity contribution >= 4 is 77.9 Å². The highest BCUT2D eigenvalue weighted by atomic mass is 16.3. The fourth-order valence-corrected chi connectivity index (χ4v) is 10.8. The number of aromatic nitrogens is 1. The first-order valence-corrected chi connectivity index (χ1v) is 22.1. The van der Waals surface area contributed by atoms with Gasteiger partial charge >= 0.3 is 0 Å². The zero-order valence-electron chi connectivity index (χ0n) is 34.8. The summed E-state index contributed by atoms with van der Waals surface area (Å²) in [5.74, 6) is 0. The number of benzene rings is 9. The second kappa shape index (κ2) is 13.6.